The molecule has 0 aliphatic carbocycles. The highest BCUT2D eigenvalue weighted by Crippen LogP contribution is 2.31. The van der Waals surface area contributed by atoms with Gasteiger partial charge < -0.3 is 18.7 Å². The first-order valence-electron chi connectivity index (χ1n) is 12.3. The smallest absolute Gasteiger partial charge is 0.339 e. The summed E-state index contributed by atoms with van der Waals surface area (Å²) in [6.07, 6.45) is 1.23. The summed E-state index contributed by atoms with van der Waals surface area (Å²) in [4.78, 5) is 17.0. The summed E-state index contributed by atoms with van der Waals surface area (Å²) >= 11 is 0. The molecule has 0 heterocycles. The number of amides is 1. The molecule has 0 bridgehead atoms. The molecule has 35 heavy (non-hydrogen) atoms. The second-order valence-electron chi connectivity index (χ2n) is 9.05. The van der Waals surface area contributed by atoms with Crippen LogP contribution in [0.2, 0.25) is 0 Å². The van der Waals surface area contributed by atoms with Crippen molar-refractivity contribution in [3.05, 3.63) is 48.0 Å². The highest BCUT2D eigenvalue weighted by Gasteiger charge is 2.25. The van der Waals surface area contributed by atoms with E-state index < -0.39 is 10.1 Å². The van der Waals surface area contributed by atoms with E-state index in [2.05, 4.69) is 4.90 Å². The summed E-state index contributed by atoms with van der Waals surface area (Å²) in [6.45, 7) is 14.0. The molecule has 2 aromatic carbocycles. The number of rotatable bonds is 13. The van der Waals surface area contributed by atoms with Crippen molar-refractivity contribution in [2.24, 2.45) is 5.92 Å². The summed E-state index contributed by atoms with van der Waals surface area (Å²) in [5.74, 6) is 1.06. The summed E-state index contributed by atoms with van der Waals surface area (Å²) in [6, 6.07) is 11.7. The quantitative estimate of drug-likeness (QED) is 0.336. The monoisotopic (exact) mass is 504 g/mol. The van der Waals surface area contributed by atoms with E-state index in [4.69, 9.17) is 8.92 Å². The largest absolute Gasteiger partial charge is 0.497 e. The van der Waals surface area contributed by atoms with Crippen molar-refractivity contribution in [2.75, 3.05) is 25.1 Å². The standard InChI is InChI=1S/C27H40N2O5S/c1-8-21(6)29(27(30)17-20(4)5)19-22-11-12-23(28(9-2)10-3)18-26(22)34-35(31,32)25-15-13-24(33-7)14-16-25/h11-16,18,20-21H,8-10,17,19H2,1-7H3/t21-/m1/s1. The van der Waals surface area contributed by atoms with Gasteiger partial charge in [0.05, 0.1) is 7.11 Å². The van der Waals surface area contributed by atoms with Crippen LogP contribution in [0.5, 0.6) is 11.5 Å². The fourth-order valence-electron chi connectivity index (χ4n) is 3.81. The Hall–Kier alpha value is -2.74. The van der Waals surface area contributed by atoms with Crippen LogP contribution in [-0.4, -0.2) is 45.5 Å². The third-order valence-corrected chi connectivity index (χ3v) is 7.34. The van der Waals surface area contributed by atoms with Gasteiger partial charge in [-0.3, -0.25) is 4.79 Å². The summed E-state index contributed by atoms with van der Waals surface area (Å²) < 4.78 is 37.2. The van der Waals surface area contributed by atoms with Crippen molar-refractivity contribution in [2.45, 2.75) is 71.9 Å². The molecule has 0 aliphatic rings. The maximum atomic E-state index is 13.2. The predicted octanol–water partition coefficient (Wildman–Crippen LogP) is 5.48. The number of anilines is 1. The third kappa shape index (κ3) is 7.62. The number of nitrogens with zero attached hydrogens (tertiary/aromatic N) is 2. The first kappa shape index (κ1) is 28.5. The minimum atomic E-state index is -4.10. The molecule has 0 fully saturated rings. The molecular formula is C27H40N2O5S. The summed E-state index contributed by atoms with van der Waals surface area (Å²) in [5, 5.41) is 0. The van der Waals surface area contributed by atoms with Gasteiger partial charge in [-0.1, -0.05) is 26.8 Å². The lowest BCUT2D eigenvalue weighted by Gasteiger charge is -2.30. The molecule has 7 nitrogen and oxygen atoms in total. The summed E-state index contributed by atoms with van der Waals surface area (Å²) in [5.41, 5.74) is 1.51. The van der Waals surface area contributed by atoms with Crippen LogP contribution in [-0.2, 0) is 21.5 Å². The molecular weight excluding hydrogens is 464 g/mol. The van der Waals surface area contributed by atoms with E-state index in [0.717, 1.165) is 25.2 Å². The Morgan fingerprint density at radius 2 is 1.60 bits per heavy atom. The van der Waals surface area contributed by atoms with Gasteiger partial charge in [0.15, 0.2) is 0 Å². The zero-order valence-electron chi connectivity index (χ0n) is 22.1. The number of carbonyl (C=O) groups is 1. The molecule has 0 saturated carbocycles. The van der Waals surface area contributed by atoms with Crippen molar-refractivity contribution in [1.29, 1.82) is 0 Å². The Morgan fingerprint density at radius 3 is 2.11 bits per heavy atom. The highest BCUT2D eigenvalue weighted by atomic mass is 32.2. The van der Waals surface area contributed by atoms with Crippen molar-refractivity contribution in [1.82, 2.24) is 4.90 Å². The molecule has 0 aromatic heterocycles. The van der Waals surface area contributed by atoms with E-state index in [1.54, 1.807) is 18.2 Å². The van der Waals surface area contributed by atoms with Gasteiger partial charge in [-0.2, -0.15) is 8.42 Å². The Bertz CT molecular complexity index is 1060. The molecule has 0 radical (unpaired) electrons. The van der Waals surface area contributed by atoms with Crippen LogP contribution in [0.1, 0.15) is 59.9 Å². The maximum absolute atomic E-state index is 13.2. The van der Waals surface area contributed by atoms with Crippen molar-refractivity contribution >= 4 is 21.7 Å². The number of ether oxygens (including phenoxy) is 1. The fraction of sp³-hybridized carbons (Fsp3) is 0.519. The van der Waals surface area contributed by atoms with Gasteiger partial charge in [0.1, 0.15) is 16.4 Å². The average molecular weight is 505 g/mol. The van der Waals surface area contributed by atoms with Gasteiger partial charge in [0, 0.05) is 49.4 Å². The van der Waals surface area contributed by atoms with E-state index >= 15 is 0 Å². The second kappa shape index (κ2) is 12.8. The van der Waals surface area contributed by atoms with Gasteiger partial charge in [-0.25, -0.2) is 0 Å². The first-order valence-corrected chi connectivity index (χ1v) is 13.7. The molecule has 1 amide bonds. The number of methoxy groups -OCH3 is 1. The maximum Gasteiger partial charge on any atom is 0.339 e. The SMILES string of the molecule is CC[C@@H](C)N(Cc1ccc(N(CC)CC)cc1OS(=O)(=O)c1ccc(OC)cc1)C(=O)CC(C)C. The normalized spacial score (nSPS) is 12.3. The minimum absolute atomic E-state index is 0.00903. The molecule has 2 aromatic rings. The van der Waals surface area contributed by atoms with Crippen LogP contribution in [0.4, 0.5) is 5.69 Å². The second-order valence-corrected chi connectivity index (χ2v) is 10.6. The Kier molecular flexibility index (Phi) is 10.4. The van der Waals surface area contributed by atoms with Crippen molar-refractivity contribution in [3.63, 3.8) is 0 Å². The lowest BCUT2D eigenvalue weighted by Crippen LogP contribution is -2.38. The first-order chi connectivity index (χ1) is 16.6. The molecule has 194 valence electrons. The van der Waals surface area contributed by atoms with Crippen molar-refractivity contribution in [3.8, 4) is 11.5 Å². The van der Waals surface area contributed by atoms with Gasteiger partial charge >= 0.3 is 10.1 Å². The van der Waals surface area contributed by atoms with E-state index in [1.165, 1.54) is 19.2 Å². The Morgan fingerprint density at radius 1 is 0.971 bits per heavy atom. The number of benzene rings is 2. The van der Waals surface area contributed by atoms with Gasteiger partial charge in [-0.15, -0.1) is 0 Å². The van der Waals surface area contributed by atoms with E-state index in [1.807, 2.05) is 58.6 Å². The Balaban J connectivity index is 2.51. The zero-order valence-corrected chi connectivity index (χ0v) is 22.9. The lowest BCUT2D eigenvalue weighted by molar-refractivity contribution is -0.134. The number of carbonyl (C=O) groups excluding carboxylic acids is 1. The molecule has 0 saturated heterocycles. The molecule has 1 atom stereocenters. The average Bonchev–Trinajstić information content (AvgIpc) is 2.83. The van der Waals surface area contributed by atoms with Crippen LogP contribution in [0.25, 0.3) is 0 Å². The number of hydrogen-bond donors (Lipinski definition) is 0. The van der Waals surface area contributed by atoms with Crippen LogP contribution in [0.3, 0.4) is 0 Å². The third-order valence-electron chi connectivity index (χ3n) is 6.09. The minimum Gasteiger partial charge on any atom is -0.497 e. The number of hydrogen-bond acceptors (Lipinski definition) is 6. The van der Waals surface area contributed by atoms with E-state index in [-0.39, 0.29) is 35.1 Å². The molecule has 0 spiro atoms. The molecule has 2 rings (SSSR count). The van der Waals surface area contributed by atoms with E-state index in [9.17, 15) is 13.2 Å². The molecule has 0 N–H and O–H groups in total. The van der Waals surface area contributed by atoms with Crippen LogP contribution in [0.15, 0.2) is 47.4 Å². The summed E-state index contributed by atoms with van der Waals surface area (Å²) in [7, 11) is -2.57. The highest BCUT2D eigenvalue weighted by molar-refractivity contribution is 7.87. The van der Waals surface area contributed by atoms with Crippen LogP contribution < -0.4 is 13.8 Å². The fourth-order valence-corrected chi connectivity index (χ4v) is 4.76. The Labute approximate surface area is 211 Å². The predicted molar refractivity (Wildman–Crippen MR) is 141 cm³/mol. The van der Waals surface area contributed by atoms with Gasteiger partial charge in [0.25, 0.3) is 0 Å². The van der Waals surface area contributed by atoms with Crippen LogP contribution in [0, 0.1) is 5.92 Å². The van der Waals surface area contributed by atoms with E-state index in [0.29, 0.717) is 17.7 Å². The lowest BCUT2D eigenvalue weighted by atomic mass is 10.1. The molecule has 8 heteroatoms. The molecule has 0 aliphatic heterocycles. The molecule has 0 unspecified atom stereocenters. The van der Waals surface area contributed by atoms with Gasteiger partial charge in [0.2, 0.25) is 5.91 Å². The zero-order chi connectivity index (χ0) is 26.2. The van der Waals surface area contributed by atoms with Crippen LogP contribution >= 0.6 is 0 Å². The van der Waals surface area contributed by atoms with Crippen molar-refractivity contribution < 1.29 is 22.1 Å². The topological polar surface area (TPSA) is 76.2 Å². The van der Waals surface area contributed by atoms with Gasteiger partial charge in [-0.05, 0) is 63.4 Å².